The molecule has 7 nitrogen and oxygen atoms in total. The van der Waals surface area contributed by atoms with Crippen LogP contribution in [0.1, 0.15) is 59.9 Å². The molecular weight excluding hydrogens is 426 g/mol. The second-order valence-electron chi connectivity index (χ2n) is 8.60. The van der Waals surface area contributed by atoms with E-state index in [0.29, 0.717) is 31.6 Å². The second-order valence-corrected chi connectivity index (χ2v) is 10.5. The number of hydrogen-bond acceptors (Lipinski definition) is 5. The highest BCUT2D eigenvalue weighted by Gasteiger charge is 2.36. The number of carbonyl (C=O) groups is 1. The van der Waals surface area contributed by atoms with Crippen LogP contribution >= 0.6 is 0 Å². The largest absolute Gasteiger partial charge is 0.356 e. The van der Waals surface area contributed by atoms with Gasteiger partial charge in [-0.15, -0.1) is 0 Å². The molecule has 174 valence electrons. The van der Waals surface area contributed by atoms with Gasteiger partial charge in [0.15, 0.2) is 10.7 Å². The molecule has 1 amide bonds. The Morgan fingerprint density at radius 2 is 1.91 bits per heavy atom. The summed E-state index contributed by atoms with van der Waals surface area (Å²) in [6.45, 7) is 10.9. The van der Waals surface area contributed by atoms with E-state index in [1.54, 1.807) is 13.0 Å². The molecule has 0 radical (unpaired) electrons. The van der Waals surface area contributed by atoms with Crippen LogP contribution in [0.5, 0.6) is 0 Å². The first-order valence-corrected chi connectivity index (χ1v) is 12.6. The topological polar surface area (TPSA) is 92.5 Å². The zero-order valence-electron chi connectivity index (χ0n) is 19.6. The second kappa shape index (κ2) is 10.0. The van der Waals surface area contributed by atoms with Gasteiger partial charge in [-0.3, -0.25) is 4.79 Å². The van der Waals surface area contributed by atoms with Crippen LogP contribution in [0.2, 0.25) is 0 Å². The third-order valence-corrected chi connectivity index (χ3v) is 7.90. The summed E-state index contributed by atoms with van der Waals surface area (Å²) in [5.41, 5.74) is 4.74. The van der Waals surface area contributed by atoms with E-state index in [0.717, 1.165) is 23.1 Å². The van der Waals surface area contributed by atoms with E-state index in [-0.39, 0.29) is 29.0 Å². The molecular formula is C24H33N3O4S. The summed E-state index contributed by atoms with van der Waals surface area (Å²) in [4.78, 5) is 12.5. The van der Waals surface area contributed by atoms with Gasteiger partial charge in [-0.2, -0.15) is 4.31 Å². The third-order valence-electron chi connectivity index (χ3n) is 5.87. The van der Waals surface area contributed by atoms with Gasteiger partial charge < -0.3 is 9.84 Å². The van der Waals surface area contributed by atoms with Crippen LogP contribution < -0.4 is 5.32 Å². The number of piperidine rings is 1. The molecule has 1 aliphatic heterocycles. The molecule has 32 heavy (non-hydrogen) atoms. The maximum Gasteiger partial charge on any atom is 0.248 e. The summed E-state index contributed by atoms with van der Waals surface area (Å²) < 4.78 is 33.8. The number of aromatic nitrogens is 1. The molecule has 1 aromatic heterocycles. The van der Waals surface area contributed by atoms with Crippen LogP contribution in [0.25, 0.3) is 12.2 Å². The summed E-state index contributed by atoms with van der Waals surface area (Å²) >= 11 is 0. The van der Waals surface area contributed by atoms with E-state index in [2.05, 4.69) is 22.6 Å². The normalized spacial score (nSPS) is 17.7. The van der Waals surface area contributed by atoms with Gasteiger partial charge in [0.1, 0.15) is 5.69 Å². The average Bonchev–Trinajstić information content (AvgIpc) is 3.12. The van der Waals surface area contributed by atoms with Gasteiger partial charge in [0.25, 0.3) is 0 Å². The Morgan fingerprint density at radius 3 is 2.56 bits per heavy atom. The number of carbonyl (C=O) groups excluding carboxylic acids is 1. The number of hydrogen-bond donors (Lipinski definition) is 1. The number of sulfonamides is 1. The molecule has 1 atom stereocenters. The Labute approximate surface area is 190 Å². The quantitative estimate of drug-likeness (QED) is 0.675. The maximum atomic E-state index is 13.5. The molecule has 2 aromatic rings. The van der Waals surface area contributed by atoms with E-state index in [1.807, 2.05) is 33.8 Å². The molecule has 8 heteroatoms. The van der Waals surface area contributed by atoms with Crippen LogP contribution in [0.3, 0.4) is 0 Å². The zero-order valence-corrected chi connectivity index (χ0v) is 20.4. The molecule has 1 aromatic carbocycles. The van der Waals surface area contributed by atoms with Crippen LogP contribution in [0.15, 0.2) is 21.6 Å². The Kier molecular flexibility index (Phi) is 7.56. The molecule has 1 aliphatic rings. The number of aryl methyl sites for hydroxylation is 4. The summed E-state index contributed by atoms with van der Waals surface area (Å²) in [5, 5.41) is 6.81. The Balaban J connectivity index is 1.88. The predicted molar refractivity (Wildman–Crippen MR) is 126 cm³/mol. The van der Waals surface area contributed by atoms with E-state index in [1.165, 1.54) is 9.87 Å². The molecule has 1 saturated heterocycles. The first-order valence-electron chi connectivity index (χ1n) is 11.1. The molecule has 2 heterocycles. The standard InChI is InChI=1S/C24H33N3O4S/c1-6-11-25-24(28)20-8-7-12-27(15-20)32(29,30)23-19(5)26-31-22(23)10-9-21-17(3)13-16(2)14-18(21)4/h9-10,13-14,20H,6-8,11-12,15H2,1-5H3,(H,25,28)/b10-9+/t20-/m1/s1. The van der Waals surface area contributed by atoms with E-state index < -0.39 is 10.0 Å². The molecule has 0 spiro atoms. The van der Waals surface area contributed by atoms with Crippen LogP contribution in [0, 0.1) is 33.6 Å². The molecule has 1 fully saturated rings. The van der Waals surface area contributed by atoms with E-state index in [9.17, 15) is 13.2 Å². The Morgan fingerprint density at radius 1 is 1.22 bits per heavy atom. The molecule has 0 saturated carbocycles. The highest BCUT2D eigenvalue weighted by molar-refractivity contribution is 7.89. The highest BCUT2D eigenvalue weighted by Crippen LogP contribution is 2.30. The van der Waals surface area contributed by atoms with Crippen molar-refractivity contribution in [1.82, 2.24) is 14.8 Å². The Hall–Kier alpha value is -2.45. The minimum Gasteiger partial charge on any atom is -0.356 e. The lowest BCUT2D eigenvalue weighted by atomic mass is 9.99. The number of nitrogens with one attached hydrogen (secondary N) is 1. The summed E-state index contributed by atoms with van der Waals surface area (Å²) in [5.74, 6) is -0.222. The summed E-state index contributed by atoms with van der Waals surface area (Å²) in [6.07, 6.45) is 5.72. The first kappa shape index (κ1) is 24.2. The van der Waals surface area contributed by atoms with Crippen LogP contribution in [0.4, 0.5) is 0 Å². The van der Waals surface area contributed by atoms with Crippen LogP contribution in [-0.4, -0.2) is 43.4 Å². The van der Waals surface area contributed by atoms with Crippen molar-refractivity contribution < 1.29 is 17.7 Å². The minimum absolute atomic E-state index is 0.0748. The van der Waals surface area contributed by atoms with Gasteiger partial charge >= 0.3 is 0 Å². The SMILES string of the molecule is CCCNC(=O)[C@@H]1CCCN(S(=O)(=O)c2c(C)noc2/C=C/c2c(C)cc(C)cc2C)C1. The molecule has 1 N–H and O–H groups in total. The lowest BCUT2D eigenvalue weighted by Crippen LogP contribution is -2.45. The Bertz CT molecular complexity index is 1100. The average molecular weight is 460 g/mol. The van der Waals surface area contributed by atoms with E-state index in [4.69, 9.17) is 4.52 Å². The number of benzene rings is 1. The minimum atomic E-state index is -3.85. The van der Waals surface area contributed by atoms with Crippen molar-refractivity contribution >= 4 is 28.1 Å². The zero-order chi connectivity index (χ0) is 23.5. The third kappa shape index (κ3) is 5.13. The highest BCUT2D eigenvalue weighted by atomic mass is 32.2. The predicted octanol–water partition coefficient (Wildman–Crippen LogP) is 4.01. The van der Waals surface area contributed by atoms with Crippen molar-refractivity contribution in [2.24, 2.45) is 5.92 Å². The van der Waals surface area contributed by atoms with Crippen molar-refractivity contribution in [3.05, 3.63) is 45.8 Å². The smallest absolute Gasteiger partial charge is 0.248 e. The molecule has 0 aliphatic carbocycles. The van der Waals surface area contributed by atoms with Crippen molar-refractivity contribution in [2.45, 2.75) is 58.8 Å². The summed E-state index contributed by atoms with van der Waals surface area (Å²) in [6, 6.07) is 4.18. The fourth-order valence-corrected chi connectivity index (χ4v) is 6.08. The lowest BCUT2D eigenvalue weighted by molar-refractivity contribution is -0.126. The molecule has 3 rings (SSSR count). The first-order chi connectivity index (χ1) is 15.1. The van der Waals surface area contributed by atoms with Crippen LogP contribution in [-0.2, 0) is 14.8 Å². The molecule has 0 bridgehead atoms. The lowest BCUT2D eigenvalue weighted by Gasteiger charge is -2.31. The van der Waals surface area contributed by atoms with Gasteiger partial charge in [-0.1, -0.05) is 35.9 Å². The van der Waals surface area contributed by atoms with Crippen molar-refractivity contribution in [2.75, 3.05) is 19.6 Å². The number of rotatable bonds is 7. The van der Waals surface area contributed by atoms with E-state index >= 15 is 0 Å². The number of nitrogens with zero attached hydrogens (tertiary/aromatic N) is 2. The fraction of sp³-hybridized carbons (Fsp3) is 0.500. The van der Waals surface area contributed by atoms with Gasteiger partial charge in [0, 0.05) is 19.6 Å². The maximum absolute atomic E-state index is 13.5. The van der Waals surface area contributed by atoms with Gasteiger partial charge in [0.05, 0.1) is 5.92 Å². The monoisotopic (exact) mass is 459 g/mol. The van der Waals surface area contributed by atoms with Gasteiger partial charge in [-0.05, 0) is 69.7 Å². The summed E-state index contributed by atoms with van der Waals surface area (Å²) in [7, 11) is -3.85. The van der Waals surface area contributed by atoms with Crippen molar-refractivity contribution in [1.29, 1.82) is 0 Å². The fourth-order valence-electron chi connectivity index (χ4n) is 4.31. The van der Waals surface area contributed by atoms with Crippen molar-refractivity contribution in [3.8, 4) is 0 Å². The molecule has 0 unspecified atom stereocenters. The van der Waals surface area contributed by atoms with Gasteiger partial charge in [-0.25, -0.2) is 8.42 Å². The van der Waals surface area contributed by atoms with Crippen molar-refractivity contribution in [3.63, 3.8) is 0 Å². The van der Waals surface area contributed by atoms with Gasteiger partial charge in [0.2, 0.25) is 15.9 Å². The number of amides is 1.